The fraction of sp³-hybridized carbons (Fsp3) is 0.443. The number of fused-ring (bicyclic) bond motifs is 1. The molecule has 4 aliphatic carbocycles. The van der Waals surface area contributed by atoms with Crippen molar-refractivity contribution in [2.24, 2.45) is 18.9 Å². The van der Waals surface area contributed by atoms with Gasteiger partial charge in [-0.2, -0.15) is 21.0 Å². The summed E-state index contributed by atoms with van der Waals surface area (Å²) in [5.74, 6) is 8.74. The first-order valence-corrected chi connectivity index (χ1v) is 39.8. The van der Waals surface area contributed by atoms with Gasteiger partial charge in [0.05, 0.1) is 89.7 Å². The number of aromatic amines is 1. The number of halogens is 4. The lowest BCUT2D eigenvalue weighted by Crippen LogP contribution is -2.25. The van der Waals surface area contributed by atoms with Gasteiger partial charge in [0.25, 0.3) is 0 Å². The minimum Gasteiger partial charge on any atom is -0.490 e. The van der Waals surface area contributed by atoms with Crippen LogP contribution in [0.15, 0.2) is 128 Å². The lowest BCUT2D eigenvalue weighted by molar-refractivity contribution is 0.0893. The molecule has 17 nitrogen and oxygen atoms in total. The van der Waals surface area contributed by atoms with Gasteiger partial charge < -0.3 is 28.5 Å². The van der Waals surface area contributed by atoms with Gasteiger partial charge in [-0.3, -0.25) is 19.6 Å². The minimum absolute atomic E-state index is 0.0612. The molecule has 13 rings (SSSR count). The van der Waals surface area contributed by atoms with Crippen LogP contribution >= 0.6 is 46.4 Å². The highest BCUT2D eigenvalue weighted by Crippen LogP contribution is 2.39. The normalized spacial score (nSPS) is 19.6. The zero-order chi connectivity index (χ0) is 77.8. The molecule has 109 heavy (non-hydrogen) atoms. The number of hydrogen-bond donors (Lipinski definition) is 1. The highest BCUT2D eigenvalue weighted by atomic mass is 35.5. The molecule has 4 fully saturated rings. The Kier molecular flexibility index (Phi) is 29.7. The Hall–Kier alpha value is -9.33. The number of carbonyl (C=O) groups is 2. The van der Waals surface area contributed by atoms with Crippen molar-refractivity contribution in [1.82, 2.24) is 34.5 Å². The molecular formula is C88H97Cl4N11O6. The third kappa shape index (κ3) is 22.9. The smallest absolute Gasteiger partial charge is 0.183 e. The van der Waals surface area contributed by atoms with Crippen LogP contribution in [0.2, 0.25) is 20.1 Å². The van der Waals surface area contributed by atoms with E-state index in [4.69, 9.17) is 91.4 Å². The maximum atomic E-state index is 12.6. The Morgan fingerprint density at radius 3 is 1.24 bits per heavy atom. The number of ketones is 2. The predicted molar refractivity (Wildman–Crippen MR) is 428 cm³/mol. The van der Waals surface area contributed by atoms with E-state index < -0.39 is 0 Å². The van der Waals surface area contributed by atoms with Crippen molar-refractivity contribution in [3.8, 4) is 47.3 Å². The number of pyridine rings is 1. The summed E-state index contributed by atoms with van der Waals surface area (Å²) in [6.07, 6.45) is 24.4. The second-order valence-electron chi connectivity index (χ2n) is 30.4. The number of aromatic nitrogens is 7. The summed E-state index contributed by atoms with van der Waals surface area (Å²) in [7, 11) is 2.12. The number of ether oxygens (including phenoxy) is 4. The maximum Gasteiger partial charge on any atom is 0.183 e. The molecule has 4 heterocycles. The molecule has 0 saturated heterocycles. The van der Waals surface area contributed by atoms with E-state index in [-0.39, 0.29) is 36.0 Å². The molecule has 0 aliphatic heterocycles. The van der Waals surface area contributed by atoms with E-state index in [0.717, 1.165) is 142 Å². The molecule has 5 aromatic carbocycles. The second-order valence-corrected chi connectivity index (χ2v) is 32.0. The zero-order valence-electron chi connectivity index (χ0n) is 63.7. The van der Waals surface area contributed by atoms with Crippen LogP contribution in [0.3, 0.4) is 0 Å². The quantitative estimate of drug-likeness (QED) is 0.0696. The molecule has 568 valence electrons. The molecule has 0 atom stereocenters. The molecule has 21 heteroatoms. The van der Waals surface area contributed by atoms with E-state index in [2.05, 4.69) is 122 Å². The predicted octanol–water partition coefficient (Wildman–Crippen LogP) is 22.8. The Balaban J connectivity index is 0.000000155. The van der Waals surface area contributed by atoms with Crippen molar-refractivity contribution in [2.45, 2.75) is 231 Å². The van der Waals surface area contributed by atoms with Gasteiger partial charge in [-0.15, -0.1) is 0 Å². The Bertz CT molecular complexity index is 4580. The number of nitriles is 4. The highest BCUT2D eigenvalue weighted by Gasteiger charge is 2.31. The summed E-state index contributed by atoms with van der Waals surface area (Å²) < 4.78 is 26.5. The zero-order valence-corrected chi connectivity index (χ0v) is 66.7. The first-order chi connectivity index (χ1) is 52.4. The highest BCUT2D eigenvalue weighted by molar-refractivity contribution is 6.32. The van der Waals surface area contributed by atoms with Crippen LogP contribution in [0.1, 0.15) is 284 Å². The van der Waals surface area contributed by atoms with Gasteiger partial charge in [0.15, 0.2) is 11.6 Å². The summed E-state index contributed by atoms with van der Waals surface area (Å²) >= 11 is 24.3. The SMILES string of the molecule is CC(C)c1ccc(C(=O)CC2CCC(Oc3ccc(C#N)c(Cl)c3)CC2)cn1.CC(C)c1ccc2nc(C3CCC(Oc4ccc(C#N)c(Cl)c4)CC3)[nH]c2c1.CC(C)c1cnc(C(=O)CC2CCC(Oc3ccc(C#N)c(Cl)c3)CC2)cn1.CC(C)c1cnc(C2CCC(Oc3ccc(C#N)c(Cl)c3)CC2)n1C. The number of Topliss-reactive ketones (excluding diaryl/α,β-unsaturated/α-hetero) is 2. The Morgan fingerprint density at radius 2 is 0.872 bits per heavy atom. The van der Waals surface area contributed by atoms with E-state index in [1.165, 1.54) is 17.1 Å². The maximum absolute atomic E-state index is 12.6. The van der Waals surface area contributed by atoms with E-state index in [9.17, 15) is 9.59 Å². The molecular weight excluding hydrogens is 1450 g/mol. The summed E-state index contributed by atoms with van der Waals surface area (Å²) in [5, 5.41) is 37.5. The average molecular weight is 1550 g/mol. The number of carbonyl (C=O) groups excluding carboxylic acids is 2. The first kappa shape index (κ1) is 82.2. The lowest BCUT2D eigenvalue weighted by atomic mass is 9.83. The van der Waals surface area contributed by atoms with Crippen molar-refractivity contribution in [2.75, 3.05) is 0 Å². The fourth-order valence-electron chi connectivity index (χ4n) is 14.6. The molecule has 0 spiro atoms. The van der Waals surface area contributed by atoms with Crippen molar-refractivity contribution in [3.63, 3.8) is 0 Å². The molecule has 9 aromatic rings. The third-order valence-corrected chi connectivity index (χ3v) is 22.4. The fourth-order valence-corrected chi connectivity index (χ4v) is 15.5. The minimum atomic E-state index is 0.0612. The molecule has 4 aliphatic rings. The van der Waals surface area contributed by atoms with Crippen LogP contribution in [0.5, 0.6) is 23.0 Å². The molecule has 4 aromatic heterocycles. The van der Waals surface area contributed by atoms with Crippen molar-refractivity contribution in [3.05, 3.63) is 216 Å². The Morgan fingerprint density at radius 1 is 0.450 bits per heavy atom. The van der Waals surface area contributed by atoms with E-state index in [1.807, 2.05) is 42.6 Å². The number of nitrogens with one attached hydrogen (secondary N) is 1. The monoisotopic (exact) mass is 1540 g/mol. The van der Waals surface area contributed by atoms with Gasteiger partial charge in [0.2, 0.25) is 0 Å². The first-order valence-electron chi connectivity index (χ1n) is 38.2. The number of nitrogens with zero attached hydrogens (tertiary/aromatic N) is 10. The van der Waals surface area contributed by atoms with Crippen molar-refractivity contribution < 1.29 is 28.5 Å². The summed E-state index contributed by atoms with van der Waals surface area (Å²) in [5.41, 5.74) is 9.72. The number of imidazole rings is 2. The molecule has 0 amide bonds. The third-order valence-electron chi connectivity index (χ3n) is 21.2. The standard InChI is InChI=1S/C23H24ClN3O.C23H25ClN2O2.C22H24ClN3O2.C20H24ClN3O/c1-14(2)16-6-10-21-22(11-16)27-23(26-21)15-3-7-18(8-4-15)28-19-9-5-17(13-25)20(24)12-19;1-15(2)22-10-6-18(14-26-22)23(27)11-16-3-7-19(8-4-16)28-20-9-5-17(13-25)21(24)12-20;1-14(2)20-12-26-21(13-25-20)22(27)9-15-3-6-17(7-4-15)28-18-8-5-16(11-24)19(23)10-18;1-13(2)19-12-23-20(24(19)3)14-4-7-16(8-5-14)25-17-9-6-15(11-22)18(21)10-17/h5-6,9-12,14-15,18H,3-4,7-8H2,1-2H3,(H,26,27);5-6,9-10,12,14-16,19H,3-4,7-8,11H2,1-2H3;5,8,10,12-15,17H,3-4,6-7,9H2,1-2H3;6,9-10,12-14,16H,4-5,7-8H2,1-3H3. The van der Waals surface area contributed by atoms with Crippen LogP contribution in [0, 0.1) is 57.2 Å². The Labute approximate surface area is 661 Å². The van der Waals surface area contributed by atoms with Crippen LogP contribution in [0.25, 0.3) is 11.0 Å². The van der Waals surface area contributed by atoms with Crippen LogP contribution in [-0.2, 0) is 7.05 Å². The van der Waals surface area contributed by atoms with E-state index in [1.54, 1.807) is 79.3 Å². The van der Waals surface area contributed by atoms with Crippen LogP contribution in [0.4, 0.5) is 0 Å². The van der Waals surface area contributed by atoms with Gasteiger partial charge in [-0.05, 0) is 217 Å². The molecule has 1 N–H and O–H groups in total. The summed E-state index contributed by atoms with van der Waals surface area (Å²) in [6, 6.07) is 39.4. The second kappa shape index (κ2) is 39.3. The topological polar surface area (TPSA) is 251 Å². The average Bonchev–Trinajstić information content (AvgIpc) is 1.68. The number of benzene rings is 5. The lowest BCUT2D eigenvalue weighted by Gasteiger charge is -2.29. The van der Waals surface area contributed by atoms with Gasteiger partial charge >= 0.3 is 0 Å². The molecule has 0 unspecified atom stereocenters. The number of hydrogen-bond acceptors (Lipinski definition) is 15. The van der Waals surface area contributed by atoms with Gasteiger partial charge in [0, 0.05) is 91.5 Å². The summed E-state index contributed by atoms with van der Waals surface area (Å²) in [4.78, 5) is 51.1. The van der Waals surface area contributed by atoms with Crippen molar-refractivity contribution >= 4 is 69.0 Å². The van der Waals surface area contributed by atoms with E-state index in [0.29, 0.717) is 125 Å². The summed E-state index contributed by atoms with van der Waals surface area (Å²) in [6.45, 7) is 17.1. The van der Waals surface area contributed by atoms with Gasteiger partial charge in [-0.25, -0.2) is 15.0 Å². The van der Waals surface area contributed by atoms with Crippen LogP contribution in [-0.4, -0.2) is 70.5 Å². The molecule has 4 saturated carbocycles. The molecule has 0 bridgehead atoms. The van der Waals surface area contributed by atoms with Gasteiger partial charge in [0.1, 0.15) is 64.6 Å². The van der Waals surface area contributed by atoms with E-state index >= 15 is 0 Å². The number of rotatable bonds is 20. The largest absolute Gasteiger partial charge is 0.490 e. The number of H-pyrrole nitrogens is 1. The van der Waals surface area contributed by atoms with Crippen molar-refractivity contribution in [1.29, 1.82) is 21.0 Å². The van der Waals surface area contributed by atoms with Gasteiger partial charge in [-0.1, -0.05) is 108 Å². The molecule has 0 radical (unpaired) electrons. The van der Waals surface area contributed by atoms with Crippen LogP contribution < -0.4 is 18.9 Å².